The third kappa shape index (κ3) is 3.93. The SMILES string of the molecule is CO[C@@](C(=O)N1CCC2(CC1)CC(=O)NC[C@H]2c1scnc1C)(c1ccccc1)C(F)(F)F. The first-order valence-electron chi connectivity index (χ1n) is 10.8. The first kappa shape index (κ1) is 23.7. The maximum absolute atomic E-state index is 14.3. The number of alkyl halides is 3. The highest BCUT2D eigenvalue weighted by Gasteiger charge is 2.64. The number of aromatic nitrogens is 1. The number of hydrogen-bond acceptors (Lipinski definition) is 5. The number of halogens is 3. The van der Waals surface area contributed by atoms with Gasteiger partial charge in [0.25, 0.3) is 11.5 Å². The predicted molar refractivity (Wildman–Crippen MR) is 117 cm³/mol. The second kappa shape index (κ2) is 8.72. The molecule has 2 aliphatic heterocycles. The molecule has 0 saturated carbocycles. The lowest BCUT2D eigenvalue weighted by molar-refractivity contribution is -0.271. The van der Waals surface area contributed by atoms with E-state index in [1.807, 2.05) is 6.92 Å². The van der Waals surface area contributed by atoms with Crippen molar-refractivity contribution in [3.05, 3.63) is 52.0 Å². The van der Waals surface area contributed by atoms with Crippen LogP contribution in [-0.2, 0) is 19.9 Å². The quantitative estimate of drug-likeness (QED) is 0.722. The number of hydrogen-bond donors (Lipinski definition) is 1. The Labute approximate surface area is 194 Å². The molecule has 2 aromatic rings. The van der Waals surface area contributed by atoms with Crippen LogP contribution in [0.2, 0.25) is 0 Å². The summed E-state index contributed by atoms with van der Waals surface area (Å²) in [5.41, 5.74) is -1.07. The fraction of sp³-hybridized carbons (Fsp3) is 0.522. The lowest BCUT2D eigenvalue weighted by Gasteiger charge is -2.49. The van der Waals surface area contributed by atoms with Crippen LogP contribution in [0.5, 0.6) is 0 Å². The number of nitrogens with zero attached hydrogens (tertiary/aromatic N) is 2. The Morgan fingerprint density at radius 3 is 2.45 bits per heavy atom. The van der Waals surface area contributed by atoms with E-state index < -0.39 is 23.1 Å². The zero-order valence-electron chi connectivity index (χ0n) is 18.4. The molecule has 2 atom stereocenters. The van der Waals surface area contributed by atoms with Crippen molar-refractivity contribution >= 4 is 23.2 Å². The monoisotopic (exact) mass is 481 g/mol. The largest absolute Gasteiger partial charge is 0.430 e. The van der Waals surface area contributed by atoms with Gasteiger partial charge < -0.3 is 15.0 Å². The summed E-state index contributed by atoms with van der Waals surface area (Å²) in [4.78, 5) is 32.3. The van der Waals surface area contributed by atoms with Gasteiger partial charge in [0, 0.05) is 49.5 Å². The van der Waals surface area contributed by atoms with Gasteiger partial charge in [0.2, 0.25) is 5.91 Å². The van der Waals surface area contributed by atoms with Crippen LogP contribution >= 0.6 is 11.3 Å². The van der Waals surface area contributed by atoms with Crippen molar-refractivity contribution in [2.75, 3.05) is 26.7 Å². The van der Waals surface area contributed by atoms with Gasteiger partial charge in [-0.2, -0.15) is 13.2 Å². The molecule has 1 N–H and O–H groups in total. The first-order chi connectivity index (χ1) is 15.6. The van der Waals surface area contributed by atoms with Crippen molar-refractivity contribution < 1.29 is 27.5 Å². The maximum atomic E-state index is 14.3. The fourth-order valence-corrected chi connectivity index (χ4v) is 6.30. The van der Waals surface area contributed by atoms with Crippen molar-refractivity contribution in [2.45, 2.75) is 43.9 Å². The first-order valence-corrected chi connectivity index (χ1v) is 11.7. The Balaban J connectivity index is 1.62. The molecule has 1 spiro atoms. The molecular formula is C23H26F3N3O3S. The second-order valence-corrected chi connectivity index (χ2v) is 9.63. The minimum atomic E-state index is -4.94. The highest BCUT2D eigenvalue weighted by atomic mass is 32.1. The van der Waals surface area contributed by atoms with Crippen molar-refractivity contribution in [2.24, 2.45) is 5.41 Å². The molecule has 2 fully saturated rings. The topological polar surface area (TPSA) is 71.5 Å². The van der Waals surface area contributed by atoms with E-state index in [2.05, 4.69) is 10.3 Å². The summed E-state index contributed by atoms with van der Waals surface area (Å²) < 4.78 is 47.9. The summed E-state index contributed by atoms with van der Waals surface area (Å²) in [6.07, 6.45) is -3.80. The number of benzene rings is 1. The molecule has 2 amide bonds. The van der Waals surface area contributed by atoms with Gasteiger partial charge in [-0.05, 0) is 25.2 Å². The summed E-state index contributed by atoms with van der Waals surface area (Å²) in [5.74, 6) is -1.17. The molecule has 0 aliphatic carbocycles. The lowest BCUT2D eigenvalue weighted by Crippen LogP contribution is -2.60. The summed E-state index contributed by atoms with van der Waals surface area (Å²) in [6.45, 7) is 2.62. The van der Waals surface area contributed by atoms with Crippen LogP contribution in [-0.4, -0.2) is 54.6 Å². The Kier molecular flexibility index (Phi) is 6.26. The van der Waals surface area contributed by atoms with Crippen LogP contribution in [0.3, 0.4) is 0 Å². The van der Waals surface area contributed by atoms with Gasteiger partial charge in [0.05, 0.1) is 11.2 Å². The van der Waals surface area contributed by atoms with Crippen molar-refractivity contribution in [1.29, 1.82) is 0 Å². The van der Waals surface area contributed by atoms with Gasteiger partial charge in [0.15, 0.2) is 0 Å². The number of carbonyl (C=O) groups excluding carboxylic acids is 2. The zero-order chi connectivity index (χ0) is 23.9. The van der Waals surface area contributed by atoms with E-state index in [1.165, 1.54) is 40.5 Å². The van der Waals surface area contributed by atoms with E-state index in [0.717, 1.165) is 17.7 Å². The molecule has 0 unspecified atom stereocenters. The maximum Gasteiger partial charge on any atom is 0.430 e. The van der Waals surface area contributed by atoms with Crippen LogP contribution < -0.4 is 5.32 Å². The molecule has 1 aromatic carbocycles. The van der Waals surface area contributed by atoms with Gasteiger partial charge in [-0.25, -0.2) is 4.98 Å². The minimum absolute atomic E-state index is 0.0175. The van der Waals surface area contributed by atoms with Gasteiger partial charge in [0.1, 0.15) is 0 Å². The number of likely N-dealkylation sites (tertiary alicyclic amines) is 1. The molecule has 2 saturated heterocycles. The highest BCUT2D eigenvalue weighted by Crippen LogP contribution is 2.51. The van der Waals surface area contributed by atoms with Crippen molar-refractivity contribution in [1.82, 2.24) is 15.2 Å². The predicted octanol–water partition coefficient (Wildman–Crippen LogP) is 3.77. The standard InChI is InChI=1S/C23H26F3N3O3S/c1-15-19(33-14-28-15)17-13-27-18(30)12-21(17)8-10-29(11-9-21)20(31)22(32-2,23(24,25)26)16-6-4-3-5-7-16/h3-7,14,17H,8-13H2,1-2H3,(H,27,30)/t17-,22+/m0/s1. The smallest absolute Gasteiger partial charge is 0.356 e. The summed E-state index contributed by atoms with van der Waals surface area (Å²) in [5, 5.41) is 2.92. The number of nitrogens with one attached hydrogen (secondary N) is 1. The number of amides is 2. The number of thiazole rings is 1. The van der Waals surface area contributed by atoms with E-state index in [4.69, 9.17) is 4.74 Å². The number of aryl methyl sites for hydroxylation is 1. The van der Waals surface area contributed by atoms with Gasteiger partial charge in [-0.15, -0.1) is 11.3 Å². The summed E-state index contributed by atoms with van der Waals surface area (Å²) in [7, 11) is 0.915. The van der Waals surface area contributed by atoms with E-state index >= 15 is 0 Å². The van der Waals surface area contributed by atoms with Gasteiger partial charge in [-0.3, -0.25) is 9.59 Å². The molecule has 2 aliphatic rings. The Morgan fingerprint density at radius 2 is 1.91 bits per heavy atom. The van der Waals surface area contributed by atoms with E-state index in [-0.39, 0.29) is 36.9 Å². The average molecular weight is 482 g/mol. The lowest BCUT2D eigenvalue weighted by atomic mass is 9.64. The van der Waals surface area contributed by atoms with Crippen molar-refractivity contribution in [3.8, 4) is 0 Å². The molecule has 6 nitrogen and oxygen atoms in total. The molecule has 1 aromatic heterocycles. The Hall–Kier alpha value is -2.46. The normalized spacial score (nSPS) is 22.6. The Bertz CT molecular complexity index is 1020. The third-order valence-electron chi connectivity index (χ3n) is 7.09. The van der Waals surface area contributed by atoms with Crippen LogP contribution in [0.15, 0.2) is 35.8 Å². The van der Waals surface area contributed by atoms with Crippen molar-refractivity contribution in [3.63, 3.8) is 0 Å². The average Bonchev–Trinajstić information content (AvgIpc) is 3.20. The number of carbonyl (C=O) groups is 2. The zero-order valence-corrected chi connectivity index (χ0v) is 19.3. The van der Waals surface area contributed by atoms with E-state index in [0.29, 0.717) is 19.4 Å². The molecule has 0 bridgehead atoms. The molecule has 4 rings (SSSR count). The van der Waals surface area contributed by atoms with Crippen LogP contribution in [0.25, 0.3) is 0 Å². The number of methoxy groups -OCH3 is 1. The van der Waals surface area contributed by atoms with E-state index in [9.17, 15) is 22.8 Å². The fourth-order valence-electron chi connectivity index (χ4n) is 5.26. The molecule has 3 heterocycles. The molecule has 178 valence electrons. The van der Waals surface area contributed by atoms with E-state index in [1.54, 1.807) is 11.6 Å². The third-order valence-corrected chi connectivity index (χ3v) is 8.13. The summed E-state index contributed by atoms with van der Waals surface area (Å²) >= 11 is 1.53. The summed E-state index contributed by atoms with van der Waals surface area (Å²) in [6, 6.07) is 7.01. The van der Waals surface area contributed by atoms with Gasteiger partial charge >= 0.3 is 6.18 Å². The number of piperidine rings is 2. The van der Waals surface area contributed by atoms with Gasteiger partial charge in [-0.1, -0.05) is 30.3 Å². The minimum Gasteiger partial charge on any atom is -0.356 e. The molecular weight excluding hydrogens is 455 g/mol. The molecule has 0 radical (unpaired) electrons. The highest BCUT2D eigenvalue weighted by molar-refractivity contribution is 7.09. The van der Waals surface area contributed by atoms with Crippen LogP contribution in [0.1, 0.15) is 41.3 Å². The molecule has 33 heavy (non-hydrogen) atoms. The number of rotatable bonds is 4. The number of ether oxygens (including phenoxy) is 1. The second-order valence-electron chi connectivity index (χ2n) is 8.74. The van der Waals surface area contributed by atoms with Crippen LogP contribution in [0, 0.1) is 12.3 Å². The van der Waals surface area contributed by atoms with Crippen LogP contribution in [0.4, 0.5) is 13.2 Å². The Morgan fingerprint density at radius 1 is 1.24 bits per heavy atom. The molecule has 10 heteroatoms.